The van der Waals surface area contributed by atoms with Crippen LogP contribution in [0.25, 0.3) is 0 Å². The lowest BCUT2D eigenvalue weighted by Crippen LogP contribution is -2.15. The van der Waals surface area contributed by atoms with Crippen LogP contribution in [0.3, 0.4) is 0 Å². The fraction of sp³-hybridized carbons (Fsp3) is 0.818. The van der Waals surface area contributed by atoms with Crippen LogP contribution in [0, 0.1) is 5.92 Å². The predicted octanol–water partition coefficient (Wildman–Crippen LogP) is 2.15. The topological polar surface area (TPSA) is 46.0 Å². The number of aromatic nitrogens is 2. The third kappa shape index (κ3) is 2.75. The molecule has 1 fully saturated rings. The predicted molar refractivity (Wildman–Crippen MR) is 61.0 cm³/mol. The second-order valence-corrected chi connectivity index (χ2v) is 6.21. The van der Waals surface area contributed by atoms with Crippen LogP contribution < -0.4 is 0 Å². The Kier molecular flexibility index (Phi) is 2.81. The summed E-state index contributed by atoms with van der Waals surface area (Å²) in [7, 11) is 0. The minimum absolute atomic E-state index is 0.0132. The molecule has 1 unspecified atom stereocenters. The average molecular weight is 226 g/mol. The highest BCUT2D eigenvalue weighted by Gasteiger charge is 2.30. The van der Waals surface area contributed by atoms with Gasteiger partial charge in [0.15, 0.2) is 0 Å². The summed E-state index contributed by atoms with van der Waals surface area (Å²) in [5.41, 5.74) is 0.0132. The van der Waals surface area contributed by atoms with Gasteiger partial charge in [0, 0.05) is 11.8 Å². The van der Waals surface area contributed by atoms with Crippen molar-refractivity contribution < 1.29 is 5.11 Å². The Balaban J connectivity index is 2.00. The van der Waals surface area contributed by atoms with Gasteiger partial charge in [-0.05, 0) is 30.3 Å². The molecule has 1 heterocycles. The van der Waals surface area contributed by atoms with E-state index in [1.54, 1.807) is 0 Å². The molecule has 1 aromatic heterocycles. The van der Waals surface area contributed by atoms with Gasteiger partial charge in [-0.25, -0.2) is 4.98 Å². The summed E-state index contributed by atoms with van der Waals surface area (Å²) >= 11 is 1.43. The molecule has 1 aliphatic rings. The lowest BCUT2D eigenvalue weighted by atomic mass is 9.96. The van der Waals surface area contributed by atoms with E-state index < -0.39 is 0 Å². The van der Waals surface area contributed by atoms with E-state index in [4.69, 9.17) is 0 Å². The molecule has 1 atom stereocenters. The zero-order valence-corrected chi connectivity index (χ0v) is 10.3. The van der Waals surface area contributed by atoms with Crippen LogP contribution in [0.5, 0.6) is 0 Å². The molecule has 0 aliphatic heterocycles. The Morgan fingerprint density at radius 3 is 2.60 bits per heavy atom. The van der Waals surface area contributed by atoms with Crippen molar-refractivity contribution in [1.82, 2.24) is 9.36 Å². The maximum atomic E-state index is 9.79. The van der Waals surface area contributed by atoms with Crippen LogP contribution in [-0.4, -0.2) is 20.6 Å². The molecule has 3 nitrogen and oxygen atoms in total. The molecule has 1 saturated carbocycles. The smallest absolute Gasteiger partial charge is 0.147 e. The van der Waals surface area contributed by atoms with Crippen molar-refractivity contribution in [2.24, 2.45) is 5.92 Å². The zero-order chi connectivity index (χ0) is 11.1. The Hall–Kier alpha value is -0.480. The number of rotatable bonds is 3. The van der Waals surface area contributed by atoms with Gasteiger partial charge in [0.2, 0.25) is 0 Å². The van der Waals surface area contributed by atoms with Crippen LogP contribution >= 0.6 is 11.5 Å². The summed E-state index contributed by atoms with van der Waals surface area (Å²) < 4.78 is 4.34. The quantitative estimate of drug-likeness (QED) is 0.859. The third-order valence-corrected chi connectivity index (χ3v) is 3.42. The van der Waals surface area contributed by atoms with E-state index in [1.165, 1.54) is 24.4 Å². The highest BCUT2D eigenvalue weighted by Crippen LogP contribution is 2.34. The first kappa shape index (κ1) is 11.0. The molecule has 4 heteroatoms. The maximum Gasteiger partial charge on any atom is 0.147 e. The Morgan fingerprint density at radius 2 is 2.13 bits per heavy atom. The summed E-state index contributed by atoms with van der Waals surface area (Å²) in [4.78, 5) is 4.48. The molecule has 2 rings (SSSR count). The maximum absolute atomic E-state index is 9.79. The highest BCUT2D eigenvalue weighted by molar-refractivity contribution is 7.05. The van der Waals surface area contributed by atoms with Crippen LogP contribution in [0.15, 0.2) is 0 Å². The lowest BCUT2D eigenvalue weighted by Gasteiger charge is -2.12. The summed E-state index contributed by atoms with van der Waals surface area (Å²) in [6, 6.07) is 0. The molecule has 84 valence electrons. The average Bonchev–Trinajstić information content (AvgIpc) is 2.86. The van der Waals surface area contributed by atoms with Crippen molar-refractivity contribution in [3.63, 3.8) is 0 Å². The van der Waals surface area contributed by atoms with Gasteiger partial charge < -0.3 is 5.11 Å². The normalized spacial score (nSPS) is 19.2. The van der Waals surface area contributed by atoms with Gasteiger partial charge in [0.25, 0.3) is 0 Å². The first-order chi connectivity index (χ1) is 6.97. The largest absolute Gasteiger partial charge is 0.392 e. The number of aliphatic hydroxyl groups excluding tert-OH is 1. The van der Waals surface area contributed by atoms with Gasteiger partial charge in [-0.3, -0.25) is 0 Å². The molecule has 1 aromatic rings. The standard InChI is InChI=1S/C11H18N2OS/c1-11(2,3)10-12-9(15-13-10)6-8(14)7-4-5-7/h7-8,14H,4-6H2,1-3H3. The molecular formula is C11H18N2OS. The number of hydrogen-bond acceptors (Lipinski definition) is 4. The number of nitrogens with zero attached hydrogens (tertiary/aromatic N) is 2. The molecule has 0 bridgehead atoms. The molecule has 1 N–H and O–H groups in total. The number of hydrogen-bond donors (Lipinski definition) is 1. The summed E-state index contributed by atoms with van der Waals surface area (Å²) in [6.45, 7) is 6.32. The number of aliphatic hydroxyl groups is 1. The van der Waals surface area contributed by atoms with E-state index in [1.807, 2.05) is 0 Å². The van der Waals surface area contributed by atoms with Crippen molar-refractivity contribution >= 4 is 11.5 Å². The summed E-state index contributed by atoms with van der Waals surface area (Å²) in [6.07, 6.45) is 2.82. The third-order valence-electron chi connectivity index (χ3n) is 2.69. The van der Waals surface area contributed by atoms with Crippen molar-refractivity contribution in [2.75, 3.05) is 0 Å². The van der Waals surface area contributed by atoms with E-state index >= 15 is 0 Å². The fourth-order valence-electron chi connectivity index (χ4n) is 1.47. The highest BCUT2D eigenvalue weighted by atomic mass is 32.1. The molecule has 1 aliphatic carbocycles. The first-order valence-electron chi connectivity index (χ1n) is 5.48. The molecular weight excluding hydrogens is 208 g/mol. The van der Waals surface area contributed by atoms with Gasteiger partial charge in [0.1, 0.15) is 10.8 Å². The minimum atomic E-state index is -0.203. The van der Waals surface area contributed by atoms with Gasteiger partial charge in [-0.1, -0.05) is 20.8 Å². The zero-order valence-electron chi connectivity index (χ0n) is 9.53. The minimum Gasteiger partial charge on any atom is -0.392 e. The van der Waals surface area contributed by atoms with Crippen LogP contribution in [0.2, 0.25) is 0 Å². The summed E-state index contributed by atoms with van der Waals surface area (Å²) in [5, 5.41) is 10.8. The Labute approximate surface area is 94.7 Å². The lowest BCUT2D eigenvalue weighted by molar-refractivity contribution is 0.151. The van der Waals surface area contributed by atoms with Crippen LogP contribution in [0.1, 0.15) is 44.4 Å². The van der Waals surface area contributed by atoms with Crippen molar-refractivity contribution in [3.8, 4) is 0 Å². The van der Waals surface area contributed by atoms with Gasteiger partial charge in [-0.2, -0.15) is 4.37 Å². The molecule has 0 amide bonds. The van der Waals surface area contributed by atoms with Gasteiger partial charge in [-0.15, -0.1) is 0 Å². The van der Waals surface area contributed by atoms with Gasteiger partial charge >= 0.3 is 0 Å². The molecule has 0 aromatic carbocycles. The van der Waals surface area contributed by atoms with E-state index in [0.717, 1.165) is 10.8 Å². The first-order valence-corrected chi connectivity index (χ1v) is 6.25. The second-order valence-electron chi connectivity index (χ2n) is 5.37. The van der Waals surface area contributed by atoms with E-state index in [9.17, 15) is 5.11 Å². The molecule has 15 heavy (non-hydrogen) atoms. The van der Waals surface area contributed by atoms with Crippen molar-refractivity contribution in [3.05, 3.63) is 10.8 Å². The van der Waals surface area contributed by atoms with E-state index in [2.05, 4.69) is 30.1 Å². The van der Waals surface area contributed by atoms with E-state index in [0.29, 0.717) is 12.3 Å². The molecule has 0 radical (unpaired) electrons. The van der Waals surface area contributed by atoms with Crippen LogP contribution in [-0.2, 0) is 11.8 Å². The molecule has 0 spiro atoms. The fourth-order valence-corrected chi connectivity index (χ4v) is 2.35. The summed E-state index contributed by atoms with van der Waals surface area (Å²) in [5.74, 6) is 1.41. The van der Waals surface area contributed by atoms with Gasteiger partial charge in [0.05, 0.1) is 6.10 Å². The second kappa shape index (κ2) is 3.83. The van der Waals surface area contributed by atoms with Crippen molar-refractivity contribution in [2.45, 2.75) is 51.6 Å². The Bertz CT molecular complexity index is 339. The van der Waals surface area contributed by atoms with Crippen LogP contribution in [0.4, 0.5) is 0 Å². The SMILES string of the molecule is CC(C)(C)c1nsc(CC(O)C2CC2)n1. The Morgan fingerprint density at radius 1 is 1.47 bits per heavy atom. The monoisotopic (exact) mass is 226 g/mol. The molecule has 0 saturated heterocycles. The van der Waals surface area contributed by atoms with E-state index in [-0.39, 0.29) is 11.5 Å². The van der Waals surface area contributed by atoms with Crippen molar-refractivity contribution in [1.29, 1.82) is 0 Å².